The fourth-order valence-electron chi connectivity index (χ4n) is 2.68. The van der Waals surface area contributed by atoms with Crippen LogP contribution in [0.5, 0.6) is 0 Å². The molecule has 0 heterocycles. The summed E-state index contributed by atoms with van der Waals surface area (Å²) in [5, 5.41) is 5.34. The van der Waals surface area contributed by atoms with Crippen LogP contribution >= 0.6 is 0 Å². The minimum atomic E-state index is -0.648. The summed E-state index contributed by atoms with van der Waals surface area (Å²) in [4.78, 5) is 47.6. The first-order valence-corrected chi connectivity index (χ1v) is 10.4. The molecule has 8 nitrogen and oxygen atoms in total. The highest BCUT2D eigenvalue weighted by Gasteiger charge is 2.12. The molecule has 2 rings (SSSR count). The van der Waals surface area contributed by atoms with Crippen molar-refractivity contribution >= 4 is 35.1 Å². The molecule has 170 valence electrons. The van der Waals surface area contributed by atoms with Crippen LogP contribution in [0.3, 0.4) is 0 Å². The van der Waals surface area contributed by atoms with Crippen LogP contribution in [-0.2, 0) is 23.9 Å². The Labute approximate surface area is 187 Å². The van der Waals surface area contributed by atoms with Crippen LogP contribution in [0.15, 0.2) is 42.5 Å². The highest BCUT2D eigenvalue weighted by molar-refractivity contribution is 5.95. The number of carbonyl (C=O) groups excluding carboxylic acids is 4. The van der Waals surface area contributed by atoms with Gasteiger partial charge in [-0.15, -0.1) is 0 Å². The second-order valence-corrected chi connectivity index (χ2v) is 7.29. The van der Waals surface area contributed by atoms with Crippen LogP contribution in [0.25, 0.3) is 0 Å². The zero-order valence-electron chi connectivity index (χ0n) is 18.5. The van der Waals surface area contributed by atoms with Gasteiger partial charge in [-0.2, -0.15) is 0 Å². The summed E-state index contributed by atoms with van der Waals surface area (Å²) in [6.07, 6.45) is 0.539. The molecule has 32 heavy (non-hydrogen) atoms. The summed E-state index contributed by atoms with van der Waals surface area (Å²) in [7, 11) is 0. The lowest BCUT2D eigenvalue weighted by molar-refractivity contribution is -0.147. The first kappa shape index (κ1) is 24.6. The van der Waals surface area contributed by atoms with Crippen molar-refractivity contribution in [3.63, 3.8) is 0 Å². The molecule has 2 amide bonds. The zero-order valence-corrected chi connectivity index (χ0v) is 18.5. The normalized spacial score (nSPS) is 10.2. The summed E-state index contributed by atoms with van der Waals surface area (Å²) >= 11 is 0. The maximum atomic E-state index is 12.1. The molecular weight excluding hydrogens is 412 g/mol. The molecule has 0 aliphatic heterocycles. The molecule has 2 aromatic rings. The van der Waals surface area contributed by atoms with Gasteiger partial charge in [0.2, 0.25) is 5.91 Å². The van der Waals surface area contributed by atoms with Gasteiger partial charge in [0.15, 0.2) is 6.61 Å². The molecule has 0 saturated heterocycles. The molecule has 0 bridgehead atoms. The van der Waals surface area contributed by atoms with Crippen LogP contribution in [-0.4, -0.2) is 37.0 Å². The minimum absolute atomic E-state index is 0.0522. The molecule has 0 saturated carbocycles. The molecule has 2 aromatic carbocycles. The van der Waals surface area contributed by atoms with E-state index in [1.807, 2.05) is 39.0 Å². The molecule has 0 atom stereocenters. The number of rotatable bonds is 10. The Balaban J connectivity index is 1.71. The van der Waals surface area contributed by atoms with E-state index in [1.165, 1.54) is 12.1 Å². The van der Waals surface area contributed by atoms with Gasteiger partial charge in [-0.05, 0) is 61.7 Å². The number of hydrogen-bond donors (Lipinski definition) is 2. The van der Waals surface area contributed by atoms with Crippen LogP contribution in [0.2, 0.25) is 0 Å². The zero-order chi connectivity index (χ0) is 23.5. The molecule has 0 radical (unpaired) electrons. The van der Waals surface area contributed by atoms with E-state index in [1.54, 1.807) is 12.1 Å². The standard InChI is InChI=1S/C24H28N2O6/c1-4-13-31-24(30)18-7-9-19(10-8-18)25-22(28)15-32-23(29)12-11-21(27)26-20-14-16(2)5-6-17(20)3/h5-10,14H,4,11-13,15H2,1-3H3,(H,25,28)(H,26,27). The van der Waals surface area contributed by atoms with Crippen molar-refractivity contribution in [1.29, 1.82) is 0 Å². The van der Waals surface area contributed by atoms with Crippen LogP contribution < -0.4 is 10.6 Å². The molecule has 0 aliphatic rings. The summed E-state index contributed by atoms with van der Waals surface area (Å²) in [6.45, 7) is 5.58. The van der Waals surface area contributed by atoms with Crippen molar-refractivity contribution < 1.29 is 28.7 Å². The predicted molar refractivity (Wildman–Crippen MR) is 120 cm³/mol. The number of hydrogen-bond acceptors (Lipinski definition) is 6. The SMILES string of the molecule is CCCOC(=O)c1ccc(NC(=O)COC(=O)CCC(=O)Nc2cc(C)ccc2C)cc1. The van der Waals surface area contributed by atoms with Gasteiger partial charge >= 0.3 is 11.9 Å². The van der Waals surface area contributed by atoms with Gasteiger partial charge in [0.05, 0.1) is 18.6 Å². The van der Waals surface area contributed by atoms with E-state index >= 15 is 0 Å². The quantitative estimate of drug-likeness (QED) is 0.544. The molecule has 2 N–H and O–H groups in total. The first-order valence-electron chi connectivity index (χ1n) is 10.4. The fourth-order valence-corrected chi connectivity index (χ4v) is 2.68. The number of benzene rings is 2. The maximum absolute atomic E-state index is 12.1. The summed E-state index contributed by atoms with van der Waals surface area (Å²) in [5.74, 6) is -1.91. The van der Waals surface area contributed by atoms with E-state index in [4.69, 9.17) is 9.47 Å². The molecule has 0 fully saturated rings. The average molecular weight is 440 g/mol. The maximum Gasteiger partial charge on any atom is 0.338 e. The molecule has 0 aliphatic carbocycles. The van der Waals surface area contributed by atoms with Gasteiger partial charge in [0, 0.05) is 17.8 Å². The van der Waals surface area contributed by atoms with Gasteiger partial charge in [0.1, 0.15) is 0 Å². The van der Waals surface area contributed by atoms with Gasteiger partial charge in [-0.25, -0.2) is 4.79 Å². The Morgan fingerprint density at radius 2 is 1.56 bits per heavy atom. The number of amides is 2. The summed E-state index contributed by atoms with van der Waals surface area (Å²) in [5.41, 5.74) is 3.47. The fraction of sp³-hybridized carbons (Fsp3) is 0.333. The third-order valence-corrected chi connectivity index (χ3v) is 4.43. The molecule has 0 spiro atoms. The molecule has 8 heteroatoms. The Morgan fingerprint density at radius 1 is 0.844 bits per heavy atom. The number of anilines is 2. The number of esters is 2. The highest BCUT2D eigenvalue weighted by Crippen LogP contribution is 2.17. The first-order chi connectivity index (χ1) is 15.3. The van der Waals surface area contributed by atoms with Gasteiger partial charge in [-0.3, -0.25) is 14.4 Å². The van der Waals surface area contributed by atoms with Crippen molar-refractivity contribution in [3.8, 4) is 0 Å². The number of aryl methyl sites for hydroxylation is 2. The predicted octanol–water partition coefficient (Wildman–Crippen LogP) is 3.77. The highest BCUT2D eigenvalue weighted by atomic mass is 16.5. The van der Waals surface area contributed by atoms with Crippen molar-refractivity contribution in [2.45, 2.75) is 40.0 Å². The van der Waals surface area contributed by atoms with Gasteiger partial charge < -0.3 is 20.1 Å². The monoisotopic (exact) mass is 440 g/mol. The van der Waals surface area contributed by atoms with E-state index in [-0.39, 0.29) is 18.7 Å². The van der Waals surface area contributed by atoms with E-state index in [9.17, 15) is 19.2 Å². The molecule has 0 unspecified atom stereocenters. The second kappa shape index (κ2) is 12.2. The van der Waals surface area contributed by atoms with Crippen molar-refractivity contribution in [3.05, 3.63) is 59.2 Å². The van der Waals surface area contributed by atoms with E-state index < -0.39 is 24.5 Å². The van der Waals surface area contributed by atoms with Crippen molar-refractivity contribution in [1.82, 2.24) is 0 Å². The van der Waals surface area contributed by atoms with Crippen LogP contribution in [0.1, 0.15) is 47.7 Å². The van der Waals surface area contributed by atoms with E-state index in [2.05, 4.69) is 10.6 Å². The lowest BCUT2D eigenvalue weighted by atomic mass is 10.1. The Hall–Kier alpha value is -3.68. The molecule has 0 aromatic heterocycles. The Morgan fingerprint density at radius 3 is 2.25 bits per heavy atom. The van der Waals surface area contributed by atoms with E-state index in [0.29, 0.717) is 23.5 Å². The summed E-state index contributed by atoms with van der Waals surface area (Å²) < 4.78 is 9.96. The average Bonchev–Trinajstić information content (AvgIpc) is 2.77. The van der Waals surface area contributed by atoms with Gasteiger partial charge in [0.25, 0.3) is 5.91 Å². The van der Waals surface area contributed by atoms with Crippen molar-refractivity contribution in [2.75, 3.05) is 23.8 Å². The second-order valence-electron chi connectivity index (χ2n) is 7.29. The summed E-state index contributed by atoms with van der Waals surface area (Å²) in [6, 6.07) is 11.9. The number of ether oxygens (including phenoxy) is 2. The topological polar surface area (TPSA) is 111 Å². The van der Waals surface area contributed by atoms with Crippen molar-refractivity contribution in [2.24, 2.45) is 0 Å². The largest absolute Gasteiger partial charge is 0.462 e. The number of carbonyl (C=O) groups is 4. The minimum Gasteiger partial charge on any atom is -0.462 e. The van der Waals surface area contributed by atoms with Crippen LogP contribution in [0, 0.1) is 13.8 Å². The Kier molecular flexibility index (Phi) is 9.41. The third kappa shape index (κ3) is 8.22. The number of nitrogens with one attached hydrogen (secondary N) is 2. The lowest BCUT2D eigenvalue weighted by Crippen LogP contribution is -2.22. The van der Waals surface area contributed by atoms with Gasteiger partial charge in [-0.1, -0.05) is 19.1 Å². The third-order valence-electron chi connectivity index (χ3n) is 4.43. The van der Waals surface area contributed by atoms with Crippen LogP contribution in [0.4, 0.5) is 11.4 Å². The smallest absolute Gasteiger partial charge is 0.338 e. The Bertz CT molecular complexity index is 969. The lowest BCUT2D eigenvalue weighted by Gasteiger charge is -2.10. The van der Waals surface area contributed by atoms with E-state index in [0.717, 1.165) is 17.5 Å². The molecular formula is C24H28N2O6.